The van der Waals surface area contributed by atoms with Crippen LogP contribution in [0.15, 0.2) is 68.0 Å². The summed E-state index contributed by atoms with van der Waals surface area (Å²) >= 11 is 4.66. The summed E-state index contributed by atoms with van der Waals surface area (Å²) < 4.78 is 18.8. The van der Waals surface area contributed by atoms with Crippen LogP contribution >= 0.6 is 27.3 Å². The summed E-state index contributed by atoms with van der Waals surface area (Å²) in [5.41, 5.74) is 1.99. The highest BCUT2D eigenvalue weighted by atomic mass is 79.9. The Balaban J connectivity index is 1.90. The Kier molecular flexibility index (Phi) is 8.09. The molecule has 1 atom stereocenters. The van der Waals surface area contributed by atoms with Crippen molar-refractivity contribution in [3.8, 4) is 11.5 Å². The molecule has 8 nitrogen and oxygen atoms in total. The van der Waals surface area contributed by atoms with Gasteiger partial charge in [0.15, 0.2) is 16.3 Å². The van der Waals surface area contributed by atoms with Crippen LogP contribution in [0.2, 0.25) is 0 Å². The van der Waals surface area contributed by atoms with E-state index < -0.39 is 18.0 Å². The first kappa shape index (κ1) is 26.6. The van der Waals surface area contributed by atoms with Gasteiger partial charge in [0.05, 0.1) is 39.5 Å². The maximum absolute atomic E-state index is 13.7. The Hall–Kier alpha value is -3.50. The van der Waals surface area contributed by atoms with E-state index in [0.717, 1.165) is 5.56 Å². The molecule has 0 saturated heterocycles. The summed E-state index contributed by atoms with van der Waals surface area (Å²) in [6.07, 6.45) is 1.72. The van der Waals surface area contributed by atoms with Crippen LogP contribution in [-0.2, 0) is 14.3 Å². The fourth-order valence-electron chi connectivity index (χ4n) is 4.07. The monoisotopic (exact) mass is 584 g/mol. The second-order valence-corrected chi connectivity index (χ2v) is 9.93. The smallest absolute Gasteiger partial charge is 0.338 e. The first-order valence-electron chi connectivity index (χ1n) is 11.6. The zero-order valence-corrected chi connectivity index (χ0v) is 23.1. The Morgan fingerprint density at radius 3 is 2.54 bits per heavy atom. The number of esters is 2. The van der Waals surface area contributed by atoms with Gasteiger partial charge in [0, 0.05) is 6.92 Å². The van der Waals surface area contributed by atoms with Gasteiger partial charge in [0.25, 0.3) is 5.56 Å². The van der Waals surface area contributed by atoms with Crippen molar-refractivity contribution < 1.29 is 23.8 Å². The Labute approximate surface area is 225 Å². The molecule has 1 aliphatic heterocycles. The van der Waals surface area contributed by atoms with Crippen molar-refractivity contribution in [1.29, 1.82) is 0 Å². The SMILES string of the molecule is CCOC(=O)C1=C(C)N=c2s/c(=C\c3cc(Br)c(OC(C)=O)c(OCC)c3)c(=O)n2[C@H]1c1ccccc1. The summed E-state index contributed by atoms with van der Waals surface area (Å²) in [6.45, 7) is 7.19. The summed E-state index contributed by atoms with van der Waals surface area (Å²) in [5.74, 6) is -0.338. The summed E-state index contributed by atoms with van der Waals surface area (Å²) in [6, 6.07) is 12.1. The van der Waals surface area contributed by atoms with Crippen molar-refractivity contribution >= 4 is 45.3 Å². The van der Waals surface area contributed by atoms with Gasteiger partial charge in [-0.2, -0.15) is 0 Å². The Bertz CT molecular complexity index is 1570. The van der Waals surface area contributed by atoms with Gasteiger partial charge in [-0.3, -0.25) is 14.2 Å². The number of thiazole rings is 1. The maximum Gasteiger partial charge on any atom is 0.338 e. The largest absolute Gasteiger partial charge is 0.490 e. The molecule has 0 radical (unpaired) electrons. The second kappa shape index (κ2) is 11.3. The Morgan fingerprint density at radius 1 is 1.16 bits per heavy atom. The zero-order valence-electron chi connectivity index (χ0n) is 20.7. The molecular formula is C27H25BrN2O6S. The number of carbonyl (C=O) groups is 2. The molecule has 0 unspecified atom stereocenters. The highest BCUT2D eigenvalue weighted by Crippen LogP contribution is 2.37. The van der Waals surface area contributed by atoms with E-state index in [1.807, 2.05) is 37.3 Å². The highest BCUT2D eigenvalue weighted by molar-refractivity contribution is 9.10. The van der Waals surface area contributed by atoms with Crippen molar-refractivity contribution in [2.45, 2.75) is 33.7 Å². The van der Waals surface area contributed by atoms with Crippen molar-refractivity contribution in [2.75, 3.05) is 13.2 Å². The van der Waals surface area contributed by atoms with E-state index in [1.54, 1.807) is 32.1 Å². The minimum Gasteiger partial charge on any atom is -0.490 e. The van der Waals surface area contributed by atoms with Crippen LogP contribution in [0.1, 0.15) is 44.9 Å². The second-order valence-electron chi connectivity index (χ2n) is 8.07. The third-order valence-electron chi connectivity index (χ3n) is 5.51. The van der Waals surface area contributed by atoms with E-state index in [9.17, 15) is 14.4 Å². The lowest BCUT2D eigenvalue weighted by Gasteiger charge is -2.24. The molecule has 0 saturated carbocycles. The summed E-state index contributed by atoms with van der Waals surface area (Å²) in [5, 5.41) is 0. The van der Waals surface area contributed by atoms with E-state index in [0.29, 0.717) is 43.0 Å². The van der Waals surface area contributed by atoms with Crippen molar-refractivity contribution in [3.05, 3.63) is 89.0 Å². The molecule has 0 aliphatic carbocycles. The normalized spacial score (nSPS) is 15.2. The quantitative estimate of drug-likeness (QED) is 0.309. The lowest BCUT2D eigenvalue weighted by molar-refractivity contribution is -0.139. The number of fused-ring (bicyclic) bond motifs is 1. The molecule has 1 aliphatic rings. The van der Waals surface area contributed by atoms with Gasteiger partial charge in [-0.05, 0) is 66.0 Å². The van der Waals surface area contributed by atoms with Gasteiger partial charge in [0.1, 0.15) is 0 Å². The molecule has 0 N–H and O–H groups in total. The van der Waals surface area contributed by atoms with Crippen LogP contribution in [0.4, 0.5) is 0 Å². The van der Waals surface area contributed by atoms with Crippen molar-refractivity contribution in [3.63, 3.8) is 0 Å². The van der Waals surface area contributed by atoms with Gasteiger partial charge < -0.3 is 14.2 Å². The fourth-order valence-corrected chi connectivity index (χ4v) is 5.66. The zero-order chi connectivity index (χ0) is 26.7. The first-order chi connectivity index (χ1) is 17.7. The topological polar surface area (TPSA) is 96.2 Å². The predicted octanol–water partition coefficient (Wildman–Crippen LogP) is 3.88. The third kappa shape index (κ3) is 5.45. The standard InChI is InChI=1S/C27H25BrN2O6S/c1-5-34-20-13-17(12-19(28)24(20)36-16(4)31)14-21-25(32)30-23(18-10-8-7-9-11-18)22(26(33)35-6-2)15(3)29-27(30)37-21/h7-14,23H,5-6H2,1-4H3/b21-14-/t23-/m0/s1. The van der Waals surface area contributed by atoms with E-state index in [4.69, 9.17) is 14.2 Å². The van der Waals surface area contributed by atoms with Crippen molar-refractivity contribution in [1.82, 2.24) is 4.57 Å². The molecule has 0 bridgehead atoms. The molecule has 0 amide bonds. The van der Waals surface area contributed by atoms with E-state index >= 15 is 0 Å². The van der Waals surface area contributed by atoms with Gasteiger partial charge in [-0.1, -0.05) is 41.7 Å². The average Bonchev–Trinajstić information content (AvgIpc) is 3.15. The van der Waals surface area contributed by atoms with E-state index in [2.05, 4.69) is 20.9 Å². The number of aromatic nitrogens is 1. The molecule has 3 aromatic rings. The lowest BCUT2D eigenvalue weighted by Crippen LogP contribution is -2.39. The van der Waals surface area contributed by atoms with Crippen molar-refractivity contribution in [2.24, 2.45) is 4.99 Å². The molecule has 37 heavy (non-hydrogen) atoms. The van der Waals surface area contributed by atoms with Crippen LogP contribution in [0.3, 0.4) is 0 Å². The third-order valence-corrected chi connectivity index (χ3v) is 7.08. The van der Waals surface area contributed by atoms with Gasteiger partial charge in [-0.25, -0.2) is 9.79 Å². The number of hydrogen-bond donors (Lipinski definition) is 0. The molecule has 2 heterocycles. The molecule has 0 fully saturated rings. The number of ether oxygens (including phenoxy) is 3. The molecule has 1 aromatic heterocycles. The fraction of sp³-hybridized carbons (Fsp3) is 0.259. The number of halogens is 1. The predicted molar refractivity (Wildman–Crippen MR) is 143 cm³/mol. The average molecular weight is 585 g/mol. The highest BCUT2D eigenvalue weighted by Gasteiger charge is 2.33. The Morgan fingerprint density at radius 2 is 1.89 bits per heavy atom. The minimum absolute atomic E-state index is 0.210. The van der Waals surface area contributed by atoms with Crippen LogP contribution in [-0.4, -0.2) is 29.7 Å². The molecular weight excluding hydrogens is 560 g/mol. The molecule has 4 rings (SSSR count). The van der Waals surface area contributed by atoms with Gasteiger partial charge in [-0.15, -0.1) is 0 Å². The van der Waals surface area contributed by atoms with Crippen LogP contribution < -0.4 is 24.4 Å². The van der Waals surface area contributed by atoms with Crippen LogP contribution in [0.5, 0.6) is 11.5 Å². The van der Waals surface area contributed by atoms with Gasteiger partial charge >= 0.3 is 11.9 Å². The van der Waals surface area contributed by atoms with Gasteiger partial charge in [0.2, 0.25) is 0 Å². The number of allylic oxidation sites excluding steroid dienone is 1. The number of carbonyl (C=O) groups excluding carboxylic acids is 2. The number of rotatable bonds is 7. The number of hydrogen-bond acceptors (Lipinski definition) is 8. The summed E-state index contributed by atoms with van der Waals surface area (Å²) in [7, 11) is 0. The molecule has 2 aromatic carbocycles. The number of benzene rings is 2. The van der Waals surface area contributed by atoms with Crippen LogP contribution in [0.25, 0.3) is 6.08 Å². The number of nitrogens with zero attached hydrogens (tertiary/aromatic N) is 2. The molecule has 0 spiro atoms. The first-order valence-corrected chi connectivity index (χ1v) is 13.2. The molecule has 192 valence electrons. The maximum atomic E-state index is 13.7. The molecule has 10 heteroatoms. The summed E-state index contributed by atoms with van der Waals surface area (Å²) in [4.78, 5) is 43.3. The van der Waals surface area contributed by atoms with E-state index in [-0.39, 0.29) is 17.9 Å². The lowest BCUT2D eigenvalue weighted by atomic mass is 9.96. The van der Waals surface area contributed by atoms with E-state index in [1.165, 1.54) is 22.8 Å². The van der Waals surface area contributed by atoms with Crippen LogP contribution in [0, 0.1) is 0 Å². The minimum atomic E-state index is -0.671.